The molecule has 0 heterocycles. The summed E-state index contributed by atoms with van der Waals surface area (Å²) in [6, 6.07) is 15.4. The molecular formula is C21H17ClFN3O4S. The third kappa shape index (κ3) is 5.26. The molecule has 0 unspecified atom stereocenters. The lowest BCUT2D eigenvalue weighted by Crippen LogP contribution is -2.21. The minimum Gasteiger partial charge on any atom is -0.320 e. The van der Waals surface area contributed by atoms with Crippen LogP contribution in [-0.2, 0) is 10.0 Å². The molecule has 2 amide bonds. The number of carbonyl (C=O) groups excluding carboxylic acids is 2. The summed E-state index contributed by atoms with van der Waals surface area (Å²) in [4.78, 5) is 24.9. The third-order valence-electron chi connectivity index (χ3n) is 4.29. The highest BCUT2D eigenvalue weighted by Gasteiger charge is 2.19. The van der Waals surface area contributed by atoms with Gasteiger partial charge < -0.3 is 10.6 Å². The molecule has 0 saturated carbocycles. The van der Waals surface area contributed by atoms with Crippen molar-refractivity contribution in [2.75, 3.05) is 17.7 Å². The van der Waals surface area contributed by atoms with Gasteiger partial charge in [0.1, 0.15) is 5.82 Å². The van der Waals surface area contributed by atoms with Crippen LogP contribution in [-0.4, -0.2) is 27.3 Å². The number of anilines is 2. The smallest absolute Gasteiger partial charge is 0.258 e. The maximum atomic E-state index is 14.2. The molecule has 3 aromatic rings. The number of benzene rings is 3. The maximum absolute atomic E-state index is 14.2. The van der Waals surface area contributed by atoms with Gasteiger partial charge in [-0.25, -0.2) is 17.5 Å². The van der Waals surface area contributed by atoms with Gasteiger partial charge in [0.2, 0.25) is 10.0 Å². The minimum atomic E-state index is -3.86. The van der Waals surface area contributed by atoms with E-state index in [1.807, 2.05) is 0 Å². The zero-order chi connectivity index (χ0) is 22.6. The monoisotopic (exact) mass is 461 g/mol. The number of amides is 2. The molecule has 7 nitrogen and oxygen atoms in total. The highest BCUT2D eigenvalue weighted by atomic mass is 35.5. The van der Waals surface area contributed by atoms with E-state index in [2.05, 4.69) is 15.4 Å². The molecule has 31 heavy (non-hydrogen) atoms. The largest absolute Gasteiger partial charge is 0.320 e. The number of carbonyl (C=O) groups is 2. The summed E-state index contributed by atoms with van der Waals surface area (Å²) in [6.45, 7) is 0. The highest BCUT2D eigenvalue weighted by Crippen LogP contribution is 2.24. The fraction of sp³-hybridized carbons (Fsp3) is 0.0476. The van der Waals surface area contributed by atoms with E-state index in [1.165, 1.54) is 13.1 Å². The van der Waals surface area contributed by atoms with Crippen LogP contribution in [0.3, 0.4) is 0 Å². The number of nitrogens with one attached hydrogen (secondary N) is 3. The molecule has 3 N–H and O–H groups in total. The summed E-state index contributed by atoms with van der Waals surface area (Å²) in [7, 11) is -2.66. The van der Waals surface area contributed by atoms with Gasteiger partial charge in [-0.3, -0.25) is 9.59 Å². The van der Waals surface area contributed by atoms with E-state index in [0.29, 0.717) is 10.6 Å². The SMILES string of the molecule is CNS(=O)(=O)c1ccc(F)c(C(=O)Nc2ccccc2NC(=O)c2ccc(Cl)cc2)c1. The van der Waals surface area contributed by atoms with Crippen molar-refractivity contribution in [1.82, 2.24) is 4.72 Å². The van der Waals surface area contributed by atoms with Crippen LogP contribution in [0.25, 0.3) is 0 Å². The number of hydrogen-bond acceptors (Lipinski definition) is 4. The molecule has 0 aliphatic rings. The van der Waals surface area contributed by atoms with E-state index in [9.17, 15) is 22.4 Å². The Kier molecular flexibility index (Phi) is 6.69. The average molecular weight is 462 g/mol. The van der Waals surface area contributed by atoms with Crippen molar-refractivity contribution < 1.29 is 22.4 Å². The highest BCUT2D eigenvalue weighted by molar-refractivity contribution is 7.89. The first-order valence-corrected chi connectivity index (χ1v) is 10.8. The second-order valence-electron chi connectivity index (χ2n) is 6.31. The lowest BCUT2D eigenvalue weighted by Gasteiger charge is -2.13. The molecular weight excluding hydrogens is 445 g/mol. The van der Waals surface area contributed by atoms with Crippen molar-refractivity contribution in [1.29, 1.82) is 0 Å². The van der Waals surface area contributed by atoms with Gasteiger partial charge in [-0.1, -0.05) is 23.7 Å². The number of hydrogen-bond donors (Lipinski definition) is 3. The number of halogens is 2. The lowest BCUT2D eigenvalue weighted by atomic mass is 10.1. The van der Waals surface area contributed by atoms with Gasteiger partial charge in [-0.15, -0.1) is 0 Å². The van der Waals surface area contributed by atoms with E-state index in [4.69, 9.17) is 11.6 Å². The second-order valence-corrected chi connectivity index (χ2v) is 8.63. The summed E-state index contributed by atoms with van der Waals surface area (Å²) < 4.78 is 40.2. The summed E-state index contributed by atoms with van der Waals surface area (Å²) in [6.07, 6.45) is 0. The van der Waals surface area contributed by atoms with Crippen molar-refractivity contribution in [2.45, 2.75) is 4.90 Å². The summed E-state index contributed by atoms with van der Waals surface area (Å²) >= 11 is 5.83. The molecule has 0 aromatic heterocycles. The Morgan fingerprint density at radius 2 is 1.45 bits per heavy atom. The normalized spacial score (nSPS) is 11.1. The molecule has 10 heteroatoms. The van der Waals surface area contributed by atoms with Crippen molar-refractivity contribution in [3.8, 4) is 0 Å². The second kappa shape index (κ2) is 9.25. The summed E-state index contributed by atoms with van der Waals surface area (Å²) in [5.74, 6) is -2.21. The van der Waals surface area contributed by atoms with Crippen molar-refractivity contribution in [3.05, 3.63) is 88.7 Å². The summed E-state index contributed by atoms with van der Waals surface area (Å²) in [5, 5.41) is 5.65. The van der Waals surface area contributed by atoms with Crippen molar-refractivity contribution >= 4 is 44.8 Å². The van der Waals surface area contributed by atoms with Crippen LogP contribution < -0.4 is 15.4 Å². The molecule has 160 valence electrons. The zero-order valence-electron chi connectivity index (χ0n) is 16.1. The van der Waals surface area contributed by atoms with Gasteiger partial charge >= 0.3 is 0 Å². The first-order valence-electron chi connectivity index (χ1n) is 8.91. The fourth-order valence-electron chi connectivity index (χ4n) is 2.65. The van der Waals surface area contributed by atoms with Crippen LogP contribution in [0.2, 0.25) is 5.02 Å². The van der Waals surface area contributed by atoms with E-state index in [0.717, 1.165) is 18.2 Å². The zero-order valence-corrected chi connectivity index (χ0v) is 17.7. The molecule has 0 bridgehead atoms. The van der Waals surface area contributed by atoms with Crippen LogP contribution in [0.5, 0.6) is 0 Å². The Balaban J connectivity index is 1.86. The van der Waals surface area contributed by atoms with E-state index >= 15 is 0 Å². The van der Waals surface area contributed by atoms with Crippen LogP contribution in [0.1, 0.15) is 20.7 Å². The molecule has 3 aromatic carbocycles. The Hall–Kier alpha value is -3.27. The van der Waals surface area contributed by atoms with Crippen molar-refractivity contribution in [3.63, 3.8) is 0 Å². The standard InChI is InChI=1S/C21H17ClFN3O4S/c1-24-31(29,30)15-10-11-17(23)16(12-15)21(28)26-19-5-3-2-4-18(19)25-20(27)13-6-8-14(22)9-7-13/h2-12,24H,1H3,(H,25,27)(H,26,28). The van der Waals surface area contributed by atoms with E-state index < -0.39 is 33.2 Å². The van der Waals surface area contributed by atoms with Gasteiger partial charge in [0, 0.05) is 10.6 Å². The van der Waals surface area contributed by atoms with Crippen LogP contribution in [0, 0.1) is 5.82 Å². The lowest BCUT2D eigenvalue weighted by molar-refractivity contribution is 0.101. The molecule has 0 spiro atoms. The molecule has 3 rings (SSSR count). The first kappa shape index (κ1) is 22.4. The van der Waals surface area contributed by atoms with Gasteiger partial charge in [-0.05, 0) is 61.6 Å². The topological polar surface area (TPSA) is 104 Å². The first-order chi connectivity index (χ1) is 14.7. The predicted octanol–water partition coefficient (Wildman–Crippen LogP) is 3.89. The Bertz CT molecular complexity index is 1250. The molecule has 0 aliphatic carbocycles. The van der Waals surface area contributed by atoms with Crippen LogP contribution >= 0.6 is 11.6 Å². The molecule has 0 radical (unpaired) electrons. The Labute approximate surface area is 183 Å². The van der Waals surface area contributed by atoms with Gasteiger partial charge in [0.05, 0.1) is 21.8 Å². The van der Waals surface area contributed by atoms with E-state index in [-0.39, 0.29) is 16.3 Å². The number of sulfonamides is 1. The molecule has 0 saturated heterocycles. The fourth-order valence-corrected chi connectivity index (χ4v) is 3.53. The van der Waals surface area contributed by atoms with E-state index in [1.54, 1.807) is 42.5 Å². The maximum Gasteiger partial charge on any atom is 0.258 e. The Morgan fingerprint density at radius 1 is 0.871 bits per heavy atom. The minimum absolute atomic E-state index is 0.205. The van der Waals surface area contributed by atoms with Crippen molar-refractivity contribution in [2.24, 2.45) is 0 Å². The predicted molar refractivity (Wildman–Crippen MR) is 116 cm³/mol. The molecule has 0 fully saturated rings. The van der Waals surface area contributed by atoms with Gasteiger partial charge in [0.25, 0.3) is 11.8 Å². The van der Waals surface area contributed by atoms with Crippen LogP contribution in [0.15, 0.2) is 71.6 Å². The molecule has 0 aliphatic heterocycles. The Morgan fingerprint density at radius 3 is 2.03 bits per heavy atom. The van der Waals surface area contributed by atoms with Gasteiger partial charge in [0.15, 0.2) is 0 Å². The third-order valence-corrected chi connectivity index (χ3v) is 5.96. The average Bonchev–Trinajstić information content (AvgIpc) is 2.75. The number of rotatable bonds is 6. The van der Waals surface area contributed by atoms with Crippen LogP contribution in [0.4, 0.5) is 15.8 Å². The summed E-state index contributed by atoms with van der Waals surface area (Å²) in [5.41, 5.74) is 0.364. The quantitative estimate of drug-likeness (QED) is 0.518. The number of para-hydroxylation sites is 2. The molecule has 0 atom stereocenters. The van der Waals surface area contributed by atoms with Gasteiger partial charge in [-0.2, -0.15) is 0 Å².